The zero-order valence-electron chi connectivity index (χ0n) is 10.2. The van der Waals surface area contributed by atoms with Gasteiger partial charge in [-0.1, -0.05) is 36.4 Å². The van der Waals surface area contributed by atoms with Crippen LogP contribution in [-0.2, 0) is 0 Å². The van der Waals surface area contributed by atoms with E-state index in [9.17, 15) is 0 Å². The van der Waals surface area contributed by atoms with E-state index in [1.165, 1.54) is 24.0 Å². The molecule has 0 amide bonds. The molecule has 1 aliphatic heterocycles. The van der Waals surface area contributed by atoms with Crippen LogP contribution in [0.1, 0.15) is 36.3 Å². The molecule has 0 unspecified atom stereocenters. The molecule has 17 heavy (non-hydrogen) atoms. The number of hydrogen-bond donors (Lipinski definition) is 2. The van der Waals surface area contributed by atoms with E-state index in [-0.39, 0.29) is 0 Å². The molecule has 2 rings (SSSR count). The van der Waals surface area contributed by atoms with Crippen LogP contribution in [0.15, 0.2) is 30.3 Å². The molecule has 1 aromatic rings. The standard InChI is InChI=1S/C15H21NS/c17-12-2-1-3-13-4-6-14(7-5-13)15-8-10-16-11-9-15/h1,3-7,15-17H,2,8-12H2. The van der Waals surface area contributed by atoms with Crippen molar-refractivity contribution in [3.63, 3.8) is 0 Å². The molecule has 0 spiro atoms. The van der Waals surface area contributed by atoms with Crippen LogP contribution < -0.4 is 5.32 Å². The van der Waals surface area contributed by atoms with Gasteiger partial charge in [-0.2, -0.15) is 12.6 Å². The van der Waals surface area contributed by atoms with Crippen LogP contribution in [0.5, 0.6) is 0 Å². The maximum Gasteiger partial charge on any atom is -0.00431 e. The zero-order valence-corrected chi connectivity index (χ0v) is 11.1. The topological polar surface area (TPSA) is 12.0 Å². The van der Waals surface area contributed by atoms with Gasteiger partial charge in [0.2, 0.25) is 0 Å². The van der Waals surface area contributed by atoms with Gasteiger partial charge in [-0.05, 0) is 55.1 Å². The summed E-state index contributed by atoms with van der Waals surface area (Å²) in [5.41, 5.74) is 2.79. The van der Waals surface area contributed by atoms with Crippen molar-refractivity contribution in [1.82, 2.24) is 5.32 Å². The molecule has 1 aromatic carbocycles. The Morgan fingerprint density at radius 2 is 1.88 bits per heavy atom. The fraction of sp³-hybridized carbons (Fsp3) is 0.467. The minimum atomic E-state index is 0.756. The van der Waals surface area contributed by atoms with Gasteiger partial charge in [-0.25, -0.2) is 0 Å². The molecule has 0 bridgehead atoms. The fourth-order valence-corrected chi connectivity index (χ4v) is 2.48. The average Bonchev–Trinajstić information content (AvgIpc) is 2.41. The molecular formula is C15H21NS. The molecule has 1 fully saturated rings. The SMILES string of the molecule is SCCC=Cc1ccc(C2CCNCC2)cc1. The van der Waals surface area contributed by atoms with Crippen molar-refractivity contribution >= 4 is 18.7 Å². The molecule has 1 heterocycles. The lowest BCUT2D eigenvalue weighted by Crippen LogP contribution is -2.26. The zero-order chi connectivity index (χ0) is 11.9. The Bertz CT molecular complexity index is 350. The lowest BCUT2D eigenvalue weighted by Gasteiger charge is -2.22. The average molecular weight is 247 g/mol. The second-order valence-corrected chi connectivity index (χ2v) is 5.05. The van der Waals surface area contributed by atoms with Gasteiger partial charge in [0.15, 0.2) is 0 Å². The number of benzene rings is 1. The van der Waals surface area contributed by atoms with Crippen LogP contribution in [-0.4, -0.2) is 18.8 Å². The van der Waals surface area contributed by atoms with Crippen LogP contribution in [0.2, 0.25) is 0 Å². The molecule has 2 heteroatoms. The predicted octanol–water partition coefficient (Wildman–Crippen LogP) is 3.49. The minimum Gasteiger partial charge on any atom is -0.317 e. The number of rotatable bonds is 4. The Balaban J connectivity index is 1.97. The van der Waals surface area contributed by atoms with Crippen molar-refractivity contribution in [2.45, 2.75) is 25.2 Å². The Kier molecular flexibility index (Phi) is 5.14. The summed E-state index contributed by atoms with van der Waals surface area (Å²) < 4.78 is 0. The number of allylic oxidation sites excluding steroid dienone is 1. The van der Waals surface area contributed by atoms with Gasteiger partial charge in [0.1, 0.15) is 0 Å². The Morgan fingerprint density at radius 1 is 1.18 bits per heavy atom. The molecule has 1 aliphatic rings. The summed E-state index contributed by atoms with van der Waals surface area (Å²) in [6.07, 6.45) is 7.96. The summed E-state index contributed by atoms with van der Waals surface area (Å²) in [7, 11) is 0. The quantitative estimate of drug-likeness (QED) is 0.776. The summed E-state index contributed by atoms with van der Waals surface area (Å²) in [4.78, 5) is 0. The smallest absolute Gasteiger partial charge is 0.00431 e. The van der Waals surface area contributed by atoms with E-state index in [1.807, 2.05) is 0 Å². The molecule has 0 atom stereocenters. The number of thiol groups is 1. The van der Waals surface area contributed by atoms with E-state index in [1.54, 1.807) is 0 Å². The van der Waals surface area contributed by atoms with Crippen LogP contribution in [0.25, 0.3) is 6.08 Å². The highest BCUT2D eigenvalue weighted by Gasteiger charge is 2.14. The van der Waals surface area contributed by atoms with Crippen molar-refractivity contribution in [2.75, 3.05) is 18.8 Å². The first-order valence-electron chi connectivity index (χ1n) is 6.48. The lowest BCUT2D eigenvalue weighted by molar-refractivity contribution is 0.460. The lowest BCUT2D eigenvalue weighted by atomic mass is 9.90. The van der Waals surface area contributed by atoms with Crippen molar-refractivity contribution in [2.24, 2.45) is 0 Å². The third-order valence-electron chi connectivity index (χ3n) is 3.35. The van der Waals surface area contributed by atoms with E-state index in [4.69, 9.17) is 0 Å². The molecule has 1 nitrogen and oxygen atoms in total. The van der Waals surface area contributed by atoms with Gasteiger partial charge < -0.3 is 5.32 Å². The second-order valence-electron chi connectivity index (χ2n) is 4.61. The molecule has 1 N–H and O–H groups in total. The van der Waals surface area contributed by atoms with Gasteiger partial charge in [-0.3, -0.25) is 0 Å². The number of nitrogens with one attached hydrogen (secondary N) is 1. The van der Waals surface area contributed by atoms with Crippen molar-refractivity contribution in [1.29, 1.82) is 0 Å². The normalized spacial score (nSPS) is 17.7. The maximum atomic E-state index is 4.20. The van der Waals surface area contributed by atoms with Crippen LogP contribution in [0, 0.1) is 0 Å². The van der Waals surface area contributed by atoms with Crippen LogP contribution in [0.3, 0.4) is 0 Å². The molecule has 0 saturated carbocycles. The first-order chi connectivity index (χ1) is 8.40. The monoisotopic (exact) mass is 247 g/mol. The number of piperidine rings is 1. The highest BCUT2D eigenvalue weighted by Crippen LogP contribution is 2.25. The third kappa shape index (κ3) is 3.90. The summed E-state index contributed by atoms with van der Waals surface area (Å²) in [6, 6.07) is 9.03. The Hall–Kier alpha value is -0.730. The second kappa shape index (κ2) is 6.87. The summed E-state index contributed by atoms with van der Waals surface area (Å²) in [5.74, 6) is 1.68. The summed E-state index contributed by atoms with van der Waals surface area (Å²) in [6.45, 7) is 2.32. The highest BCUT2D eigenvalue weighted by atomic mass is 32.1. The molecule has 0 aliphatic carbocycles. The molecule has 92 valence electrons. The largest absolute Gasteiger partial charge is 0.317 e. The van der Waals surface area contributed by atoms with E-state index in [2.05, 4.69) is 54.4 Å². The van der Waals surface area contributed by atoms with Gasteiger partial charge in [-0.15, -0.1) is 0 Å². The summed E-state index contributed by atoms with van der Waals surface area (Å²) >= 11 is 4.20. The predicted molar refractivity (Wildman–Crippen MR) is 78.8 cm³/mol. The minimum absolute atomic E-state index is 0.756. The Labute approximate surface area is 110 Å². The number of hydrogen-bond acceptors (Lipinski definition) is 2. The van der Waals surface area contributed by atoms with Gasteiger partial charge in [0.25, 0.3) is 0 Å². The fourth-order valence-electron chi connectivity index (χ4n) is 2.33. The first-order valence-corrected chi connectivity index (χ1v) is 7.11. The maximum absolute atomic E-state index is 4.20. The molecule has 0 aromatic heterocycles. The molecular weight excluding hydrogens is 226 g/mol. The Morgan fingerprint density at radius 3 is 2.53 bits per heavy atom. The van der Waals surface area contributed by atoms with E-state index >= 15 is 0 Å². The summed E-state index contributed by atoms with van der Waals surface area (Å²) in [5, 5.41) is 3.41. The molecule has 1 saturated heterocycles. The van der Waals surface area contributed by atoms with Crippen molar-refractivity contribution in [3.05, 3.63) is 41.5 Å². The van der Waals surface area contributed by atoms with E-state index < -0.39 is 0 Å². The van der Waals surface area contributed by atoms with Gasteiger partial charge in [0.05, 0.1) is 0 Å². The van der Waals surface area contributed by atoms with Crippen LogP contribution in [0.4, 0.5) is 0 Å². The van der Waals surface area contributed by atoms with E-state index in [0.717, 1.165) is 31.2 Å². The van der Waals surface area contributed by atoms with Gasteiger partial charge in [0, 0.05) is 0 Å². The van der Waals surface area contributed by atoms with Crippen LogP contribution >= 0.6 is 12.6 Å². The highest BCUT2D eigenvalue weighted by molar-refractivity contribution is 7.80. The third-order valence-corrected chi connectivity index (χ3v) is 3.61. The molecule has 0 radical (unpaired) electrons. The van der Waals surface area contributed by atoms with E-state index in [0.29, 0.717) is 0 Å². The van der Waals surface area contributed by atoms with Crippen molar-refractivity contribution < 1.29 is 0 Å². The van der Waals surface area contributed by atoms with Crippen molar-refractivity contribution in [3.8, 4) is 0 Å². The first kappa shape index (κ1) is 12.7. The van der Waals surface area contributed by atoms with Gasteiger partial charge >= 0.3 is 0 Å².